The number of carbonyl (C=O) groups excluding carboxylic acids is 1. The number of anilines is 2. The number of nitrogens with one attached hydrogen (secondary N) is 1. The maximum absolute atomic E-state index is 14.4. The lowest BCUT2D eigenvalue weighted by molar-refractivity contribution is 0.1000. The molecule has 1 aromatic carbocycles. The van der Waals surface area contributed by atoms with Gasteiger partial charge in [-0.05, 0) is 31.0 Å². The Morgan fingerprint density at radius 2 is 2.04 bits per heavy atom. The van der Waals surface area contributed by atoms with Crippen LogP contribution in [0.2, 0.25) is 0 Å². The third kappa shape index (κ3) is 2.98. The Kier molecular flexibility index (Phi) is 3.93. The van der Waals surface area contributed by atoms with E-state index in [0.717, 1.165) is 12.8 Å². The first-order chi connectivity index (χ1) is 10.9. The van der Waals surface area contributed by atoms with Crippen molar-refractivity contribution in [3.8, 4) is 0 Å². The Morgan fingerprint density at radius 3 is 2.61 bits per heavy atom. The van der Waals surface area contributed by atoms with Crippen molar-refractivity contribution in [3.63, 3.8) is 0 Å². The summed E-state index contributed by atoms with van der Waals surface area (Å²) in [7, 11) is 0. The summed E-state index contributed by atoms with van der Waals surface area (Å²) in [6, 6.07) is 3.96. The highest BCUT2D eigenvalue weighted by molar-refractivity contribution is 9.10. The van der Waals surface area contributed by atoms with Crippen molar-refractivity contribution in [1.82, 2.24) is 4.57 Å². The Balaban J connectivity index is 2.12. The van der Waals surface area contributed by atoms with Gasteiger partial charge in [0.05, 0.1) is 16.9 Å². The molecule has 1 aliphatic carbocycles. The topological polar surface area (TPSA) is 77.1 Å². The lowest BCUT2D eigenvalue weighted by Gasteiger charge is -2.14. The van der Waals surface area contributed by atoms with Crippen molar-refractivity contribution in [1.29, 1.82) is 0 Å². The molecule has 120 valence electrons. The van der Waals surface area contributed by atoms with Crippen LogP contribution in [0, 0.1) is 11.6 Å². The molecule has 0 bridgehead atoms. The number of carbonyl (C=O) groups is 1. The van der Waals surface area contributed by atoms with E-state index in [9.17, 15) is 18.4 Å². The van der Waals surface area contributed by atoms with Crippen LogP contribution in [-0.4, -0.2) is 10.5 Å². The molecule has 1 saturated carbocycles. The van der Waals surface area contributed by atoms with E-state index >= 15 is 0 Å². The molecule has 0 atom stereocenters. The number of primary amides is 1. The van der Waals surface area contributed by atoms with Gasteiger partial charge < -0.3 is 15.6 Å². The summed E-state index contributed by atoms with van der Waals surface area (Å²) in [5, 5.41) is 2.46. The summed E-state index contributed by atoms with van der Waals surface area (Å²) in [4.78, 5) is 23.7. The van der Waals surface area contributed by atoms with Crippen LogP contribution < -0.4 is 16.6 Å². The minimum atomic E-state index is -1.16. The molecule has 0 unspecified atom stereocenters. The van der Waals surface area contributed by atoms with Crippen molar-refractivity contribution >= 4 is 33.2 Å². The largest absolute Gasteiger partial charge is 0.365 e. The van der Waals surface area contributed by atoms with Gasteiger partial charge in [-0.1, -0.05) is 15.9 Å². The quantitative estimate of drug-likeness (QED) is 0.851. The number of rotatable bonds is 4. The standard InChI is InChI=1S/C15H12BrF2N3O2/c16-7-1-4-11(10(17)5-7)20-13-9(14(19)22)6-21(8-2-3-8)15(23)12(13)18/h1,4-6,8,20H,2-3H2,(H2,19,22). The summed E-state index contributed by atoms with van der Waals surface area (Å²) in [6.07, 6.45) is 2.71. The lowest BCUT2D eigenvalue weighted by Crippen LogP contribution is -2.27. The minimum absolute atomic E-state index is 0.0711. The van der Waals surface area contributed by atoms with Crippen LogP contribution in [0.25, 0.3) is 0 Å². The number of pyridine rings is 1. The van der Waals surface area contributed by atoms with E-state index in [-0.39, 0.29) is 17.3 Å². The maximum Gasteiger partial charge on any atom is 0.289 e. The van der Waals surface area contributed by atoms with Gasteiger partial charge in [0.2, 0.25) is 5.82 Å². The van der Waals surface area contributed by atoms with Gasteiger partial charge in [-0.25, -0.2) is 4.39 Å². The van der Waals surface area contributed by atoms with Gasteiger partial charge in [-0.3, -0.25) is 9.59 Å². The third-order valence-electron chi connectivity index (χ3n) is 3.58. The van der Waals surface area contributed by atoms with Crippen molar-refractivity contribution in [3.05, 3.63) is 56.4 Å². The molecule has 5 nitrogen and oxygen atoms in total. The van der Waals surface area contributed by atoms with E-state index < -0.39 is 28.8 Å². The summed E-state index contributed by atoms with van der Waals surface area (Å²) in [5.74, 6) is -2.73. The normalized spacial score (nSPS) is 13.9. The Bertz CT molecular complexity index is 863. The van der Waals surface area contributed by atoms with E-state index in [2.05, 4.69) is 21.2 Å². The second-order valence-corrected chi connectivity index (χ2v) is 6.20. The molecule has 0 radical (unpaired) electrons. The average molecular weight is 384 g/mol. The molecule has 1 aliphatic rings. The monoisotopic (exact) mass is 383 g/mol. The van der Waals surface area contributed by atoms with Crippen LogP contribution in [0.5, 0.6) is 0 Å². The van der Waals surface area contributed by atoms with E-state index in [4.69, 9.17) is 5.73 Å². The fourth-order valence-corrected chi connectivity index (χ4v) is 2.59. The summed E-state index contributed by atoms with van der Waals surface area (Å²) in [5.41, 5.74) is 3.73. The molecule has 3 rings (SSSR count). The second-order valence-electron chi connectivity index (χ2n) is 5.29. The molecule has 8 heteroatoms. The zero-order chi connectivity index (χ0) is 16.7. The van der Waals surface area contributed by atoms with Gasteiger partial charge in [0.25, 0.3) is 11.5 Å². The average Bonchev–Trinajstić information content (AvgIpc) is 3.31. The summed E-state index contributed by atoms with van der Waals surface area (Å²) >= 11 is 3.11. The molecule has 0 saturated heterocycles. The lowest BCUT2D eigenvalue weighted by atomic mass is 10.2. The fourth-order valence-electron chi connectivity index (χ4n) is 2.26. The molecular weight excluding hydrogens is 372 g/mol. The number of hydrogen-bond donors (Lipinski definition) is 2. The molecule has 1 amide bonds. The van der Waals surface area contributed by atoms with Crippen LogP contribution >= 0.6 is 15.9 Å². The first-order valence-corrected chi connectivity index (χ1v) is 7.64. The number of nitrogens with zero attached hydrogens (tertiary/aromatic N) is 1. The van der Waals surface area contributed by atoms with Crippen LogP contribution in [0.3, 0.4) is 0 Å². The summed E-state index contributed by atoms with van der Waals surface area (Å²) in [6.45, 7) is 0. The van der Waals surface area contributed by atoms with Gasteiger partial charge in [-0.2, -0.15) is 4.39 Å². The van der Waals surface area contributed by atoms with Crippen LogP contribution in [-0.2, 0) is 0 Å². The second kappa shape index (κ2) is 5.77. The SMILES string of the molecule is NC(=O)c1cn(C2CC2)c(=O)c(F)c1Nc1ccc(Br)cc1F. The Morgan fingerprint density at radius 1 is 1.35 bits per heavy atom. The Labute approximate surface area is 138 Å². The highest BCUT2D eigenvalue weighted by atomic mass is 79.9. The fraction of sp³-hybridized carbons (Fsp3) is 0.200. The van der Waals surface area contributed by atoms with Gasteiger partial charge in [0.1, 0.15) is 5.82 Å². The van der Waals surface area contributed by atoms with Crippen molar-refractivity contribution < 1.29 is 13.6 Å². The minimum Gasteiger partial charge on any atom is -0.365 e. The maximum atomic E-state index is 14.4. The van der Waals surface area contributed by atoms with Gasteiger partial charge in [0.15, 0.2) is 0 Å². The van der Waals surface area contributed by atoms with E-state index in [0.29, 0.717) is 4.47 Å². The first kappa shape index (κ1) is 15.7. The van der Waals surface area contributed by atoms with Crippen molar-refractivity contribution in [2.45, 2.75) is 18.9 Å². The predicted octanol–water partition coefficient (Wildman–Crippen LogP) is 3.07. The number of hydrogen-bond acceptors (Lipinski definition) is 3. The van der Waals surface area contributed by atoms with Gasteiger partial charge in [0, 0.05) is 16.7 Å². The smallest absolute Gasteiger partial charge is 0.289 e. The van der Waals surface area contributed by atoms with Crippen LogP contribution in [0.15, 0.2) is 33.7 Å². The van der Waals surface area contributed by atoms with Gasteiger partial charge >= 0.3 is 0 Å². The van der Waals surface area contributed by atoms with E-state index in [1.54, 1.807) is 6.07 Å². The number of benzene rings is 1. The first-order valence-electron chi connectivity index (χ1n) is 6.85. The zero-order valence-electron chi connectivity index (χ0n) is 11.8. The van der Waals surface area contributed by atoms with E-state index in [1.807, 2.05) is 0 Å². The molecule has 2 aromatic rings. The van der Waals surface area contributed by atoms with Crippen molar-refractivity contribution in [2.75, 3.05) is 5.32 Å². The highest BCUT2D eigenvalue weighted by Crippen LogP contribution is 2.35. The van der Waals surface area contributed by atoms with Crippen LogP contribution in [0.4, 0.5) is 20.2 Å². The van der Waals surface area contributed by atoms with E-state index in [1.165, 1.54) is 22.9 Å². The zero-order valence-corrected chi connectivity index (χ0v) is 13.4. The van der Waals surface area contributed by atoms with Gasteiger partial charge in [-0.15, -0.1) is 0 Å². The summed E-state index contributed by atoms with van der Waals surface area (Å²) < 4.78 is 30.0. The molecule has 1 aromatic heterocycles. The predicted molar refractivity (Wildman–Crippen MR) is 84.8 cm³/mol. The molecule has 1 fully saturated rings. The molecule has 23 heavy (non-hydrogen) atoms. The Hall–Kier alpha value is -2.22. The molecule has 3 N–H and O–H groups in total. The number of amides is 1. The highest BCUT2D eigenvalue weighted by Gasteiger charge is 2.29. The molecule has 1 heterocycles. The third-order valence-corrected chi connectivity index (χ3v) is 4.07. The number of nitrogens with two attached hydrogens (primary N) is 1. The molecule has 0 spiro atoms. The number of aromatic nitrogens is 1. The van der Waals surface area contributed by atoms with Crippen molar-refractivity contribution in [2.24, 2.45) is 5.73 Å². The molecule has 0 aliphatic heterocycles. The molecular formula is C15H12BrF2N3O2. The van der Waals surface area contributed by atoms with Crippen LogP contribution in [0.1, 0.15) is 29.2 Å². The number of halogens is 3.